The van der Waals surface area contributed by atoms with E-state index in [-0.39, 0.29) is 0 Å². The van der Waals surface area contributed by atoms with Crippen molar-refractivity contribution in [3.63, 3.8) is 0 Å². The zero-order valence-electron chi connectivity index (χ0n) is 10.5. The van der Waals surface area contributed by atoms with E-state index in [9.17, 15) is 0 Å². The summed E-state index contributed by atoms with van der Waals surface area (Å²) in [5.74, 6) is 1.56. The average molecular weight is 241 g/mol. The second kappa shape index (κ2) is 5.87. The first-order valence-electron chi connectivity index (χ1n) is 5.64. The van der Waals surface area contributed by atoms with Gasteiger partial charge in [0.15, 0.2) is 0 Å². The first-order chi connectivity index (χ1) is 8.83. The molecule has 3 nitrogen and oxygen atoms in total. The zero-order valence-corrected chi connectivity index (χ0v) is 10.5. The van der Waals surface area contributed by atoms with E-state index >= 15 is 0 Å². The van der Waals surface area contributed by atoms with Gasteiger partial charge in [-0.25, -0.2) is 0 Å². The van der Waals surface area contributed by atoms with Crippen LogP contribution in [0.15, 0.2) is 53.5 Å². The maximum atomic E-state index is 5.29. The van der Waals surface area contributed by atoms with Gasteiger partial charge in [-0.05, 0) is 30.3 Å². The Labute approximate surface area is 107 Å². The monoisotopic (exact) mass is 241 g/mol. The van der Waals surface area contributed by atoms with Gasteiger partial charge in [-0.2, -0.15) is 0 Å². The zero-order chi connectivity index (χ0) is 12.8. The molecular formula is C15H15NO2. The van der Waals surface area contributed by atoms with Gasteiger partial charge in [-0.1, -0.05) is 18.2 Å². The summed E-state index contributed by atoms with van der Waals surface area (Å²) in [5, 5.41) is 0. The summed E-state index contributed by atoms with van der Waals surface area (Å²) < 4.78 is 10.5. The molecule has 0 aromatic heterocycles. The minimum Gasteiger partial charge on any atom is -0.497 e. The second-order valence-electron chi connectivity index (χ2n) is 3.70. The molecule has 0 saturated carbocycles. The van der Waals surface area contributed by atoms with Crippen molar-refractivity contribution in [1.82, 2.24) is 0 Å². The number of aliphatic imine (C=N–C) groups is 1. The van der Waals surface area contributed by atoms with Crippen LogP contribution in [0.25, 0.3) is 0 Å². The second-order valence-corrected chi connectivity index (χ2v) is 3.70. The van der Waals surface area contributed by atoms with Crippen molar-refractivity contribution in [2.45, 2.75) is 0 Å². The normalized spacial score (nSPS) is 10.6. The largest absolute Gasteiger partial charge is 0.497 e. The van der Waals surface area contributed by atoms with Gasteiger partial charge in [0.2, 0.25) is 0 Å². The summed E-state index contributed by atoms with van der Waals surface area (Å²) in [6, 6.07) is 15.4. The van der Waals surface area contributed by atoms with Gasteiger partial charge >= 0.3 is 0 Å². The fraction of sp³-hybridized carbons (Fsp3) is 0.133. The number of nitrogens with zero attached hydrogens (tertiary/aromatic N) is 1. The molecule has 0 bridgehead atoms. The first kappa shape index (κ1) is 12.2. The molecule has 2 aromatic rings. The van der Waals surface area contributed by atoms with Crippen LogP contribution < -0.4 is 9.47 Å². The maximum absolute atomic E-state index is 5.29. The van der Waals surface area contributed by atoms with E-state index < -0.39 is 0 Å². The van der Waals surface area contributed by atoms with Crippen molar-refractivity contribution < 1.29 is 9.47 Å². The molecule has 0 spiro atoms. The molecule has 0 heterocycles. The van der Waals surface area contributed by atoms with E-state index in [0.717, 1.165) is 22.7 Å². The quantitative estimate of drug-likeness (QED) is 0.767. The Morgan fingerprint density at radius 3 is 2.39 bits per heavy atom. The SMILES string of the molecule is COc1ccc(OC)c(C=Nc2ccccc2)c1. The van der Waals surface area contributed by atoms with E-state index in [1.807, 2.05) is 48.5 Å². The number of benzene rings is 2. The van der Waals surface area contributed by atoms with Crippen LogP contribution in [-0.4, -0.2) is 20.4 Å². The minimum absolute atomic E-state index is 0.774. The lowest BCUT2D eigenvalue weighted by molar-refractivity contribution is 0.402. The predicted octanol–water partition coefficient (Wildman–Crippen LogP) is 3.45. The van der Waals surface area contributed by atoms with Crippen LogP contribution in [0.1, 0.15) is 5.56 Å². The molecule has 0 atom stereocenters. The number of rotatable bonds is 4. The van der Waals surface area contributed by atoms with Crippen molar-refractivity contribution in [3.05, 3.63) is 54.1 Å². The maximum Gasteiger partial charge on any atom is 0.127 e. The number of hydrogen-bond acceptors (Lipinski definition) is 3. The number of para-hydroxylation sites is 1. The topological polar surface area (TPSA) is 30.8 Å². The highest BCUT2D eigenvalue weighted by Gasteiger charge is 2.02. The Morgan fingerprint density at radius 2 is 1.72 bits per heavy atom. The van der Waals surface area contributed by atoms with Crippen molar-refractivity contribution >= 4 is 11.9 Å². The molecule has 0 unspecified atom stereocenters. The van der Waals surface area contributed by atoms with Gasteiger partial charge < -0.3 is 9.47 Å². The average Bonchev–Trinajstić information content (AvgIpc) is 2.45. The van der Waals surface area contributed by atoms with E-state index in [1.54, 1.807) is 20.4 Å². The van der Waals surface area contributed by atoms with Gasteiger partial charge in [-0.15, -0.1) is 0 Å². The van der Waals surface area contributed by atoms with Gasteiger partial charge in [0.1, 0.15) is 11.5 Å². The van der Waals surface area contributed by atoms with Gasteiger partial charge in [0.05, 0.1) is 19.9 Å². The number of methoxy groups -OCH3 is 2. The van der Waals surface area contributed by atoms with E-state index in [2.05, 4.69) is 4.99 Å². The summed E-state index contributed by atoms with van der Waals surface area (Å²) in [4.78, 5) is 4.40. The van der Waals surface area contributed by atoms with Crippen LogP contribution in [0.5, 0.6) is 11.5 Å². The minimum atomic E-state index is 0.774. The Hall–Kier alpha value is -2.29. The number of ether oxygens (including phenoxy) is 2. The molecule has 0 saturated heterocycles. The standard InChI is InChI=1S/C15H15NO2/c1-17-14-8-9-15(18-2)12(10-14)11-16-13-6-4-3-5-7-13/h3-11H,1-2H3. The summed E-state index contributed by atoms with van der Waals surface area (Å²) in [5.41, 5.74) is 1.79. The summed E-state index contributed by atoms with van der Waals surface area (Å²) in [7, 11) is 3.28. The van der Waals surface area contributed by atoms with Crippen LogP contribution >= 0.6 is 0 Å². The van der Waals surface area contributed by atoms with Crippen molar-refractivity contribution in [2.75, 3.05) is 14.2 Å². The van der Waals surface area contributed by atoms with Crippen molar-refractivity contribution in [1.29, 1.82) is 0 Å². The lowest BCUT2D eigenvalue weighted by Crippen LogP contribution is -1.92. The van der Waals surface area contributed by atoms with E-state index in [4.69, 9.17) is 9.47 Å². The third kappa shape index (κ3) is 2.88. The molecule has 3 heteroatoms. The summed E-state index contributed by atoms with van der Waals surface area (Å²) in [6.07, 6.45) is 1.77. The Bertz CT molecular complexity index is 535. The molecule has 2 rings (SSSR count). The van der Waals surface area contributed by atoms with Gasteiger partial charge in [-0.3, -0.25) is 4.99 Å². The molecule has 0 radical (unpaired) electrons. The van der Waals surface area contributed by atoms with Gasteiger partial charge in [0.25, 0.3) is 0 Å². The lowest BCUT2D eigenvalue weighted by atomic mass is 10.2. The molecular weight excluding hydrogens is 226 g/mol. The highest BCUT2D eigenvalue weighted by molar-refractivity contribution is 5.86. The van der Waals surface area contributed by atoms with Gasteiger partial charge in [0, 0.05) is 11.8 Å². The number of hydrogen-bond donors (Lipinski definition) is 0. The molecule has 92 valence electrons. The van der Waals surface area contributed by atoms with Crippen LogP contribution in [0.3, 0.4) is 0 Å². The molecule has 0 N–H and O–H groups in total. The van der Waals surface area contributed by atoms with Crippen LogP contribution in [0.2, 0.25) is 0 Å². The van der Waals surface area contributed by atoms with Crippen LogP contribution in [0.4, 0.5) is 5.69 Å². The Balaban J connectivity index is 2.30. The molecule has 0 fully saturated rings. The predicted molar refractivity (Wildman–Crippen MR) is 73.2 cm³/mol. The Morgan fingerprint density at radius 1 is 0.944 bits per heavy atom. The fourth-order valence-corrected chi connectivity index (χ4v) is 1.60. The van der Waals surface area contributed by atoms with Crippen LogP contribution in [-0.2, 0) is 0 Å². The molecule has 0 aliphatic heterocycles. The third-order valence-electron chi connectivity index (χ3n) is 2.55. The lowest BCUT2D eigenvalue weighted by Gasteiger charge is -2.06. The third-order valence-corrected chi connectivity index (χ3v) is 2.55. The molecule has 18 heavy (non-hydrogen) atoms. The molecule has 0 amide bonds. The highest BCUT2D eigenvalue weighted by Crippen LogP contribution is 2.23. The summed E-state index contributed by atoms with van der Waals surface area (Å²) >= 11 is 0. The molecule has 2 aromatic carbocycles. The van der Waals surface area contributed by atoms with Crippen molar-refractivity contribution in [3.8, 4) is 11.5 Å². The smallest absolute Gasteiger partial charge is 0.127 e. The Kier molecular flexibility index (Phi) is 3.97. The summed E-state index contributed by atoms with van der Waals surface area (Å²) in [6.45, 7) is 0. The molecule has 0 aliphatic rings. The van der Waals surface area contributed by atoms with E-state index in [1.165, 1.54) is 0 Å². The highest BCUT2D eigenvalue weighted by atomic mass is 16.5. The van der Waals surface area contributed by atoms with Crippen LogP contribution in [0, 0.1) is 0 Å². The fourth-order valence-electron chi connectivity index (χ4n) is 1.60. The first-order valence-corrected chi connectivity index (χ1v) is 5.64. The van der Waals surface area contributed by atoms with E-state index in [0.29, 0.717) is 0 Å². The molecule has 0 aliphatic carbocycles. The van der Waals surface area contributed by atoms with Crippen molar-refractivity contribution in [2.24, 2.45) is 4.99 Å².